The summed E-state index contributed by atoms with van der Waals surface area (Å²) >= 11 is 0. The van der Waals surface area contributed by atoms with Crippen LogP contribution in [0.2, 0.25) is 5.31 Å². The molecule has 30 atom stereocenters. The van der Waals surface area contributed by atoms with Crippen LogP contribution in [-0.4, -0.2) is 7.85 Å². The smallest absolute Gasteiger partial charge is 0.0503 e. The lowest BCUT2D eigenvalue weighted by atomic mass is 8.49. The van der Waals surface area contributed by atoms with E-state index in [0.717, 1.165) is 81.1 Å². The van der Waals surface area contributed by atoms with Crippen molar-refractivity contribution in [2.24, 2.45) is 165 Å². The normalized spacial score (nSPS) is 131. The fraction of sp³-hybridized carbons (Fsp3) is 1.00. The molecule has 23 aliphatic carbocycles. The van der Waals surface area contributed by atoms with Crippen LogP contribution < -0.4 is 0 Å². The van der Waals surface area contributed by atoms with E-state index in [-0.39, 0.29) is 0 Å². The lowest BCUT2D eigenvalue weighted by molar-refractivity contribution is -1.08. The highest BCUT2D eigenvalue weighted by Gasteiger charge is 3.56. The molecule has 0 radical (unpaired) electrons. The molecule has 30 unspecified atom stereocenters. The largest absolute Gasteiger partial charge is 0.110 e. The minimum atomic E-state index is 0.906. The van der Waals surface area contributed by atoms with Crippen molar-refractivity contribution in [2.45, 2.75) is 31.0 Å². The van der Waals surface area contributed by atoms with E-state index in [1.165, 1.54) is 88.8 Å². The highest BCUT2D eigenvalue weighted by Crippen LogP contribution is 3.58. The lowest BCUT2D eigenvalue weighted by Crippen LogP contribution is -3.51. The Labute approximate surface area is 203 Å². The molecule has 23 rings (SSSR count). The first-order valence-electron chi connectivity index (χ1n) is 17.2. The van der Waals surface area contributed by atoms with Gasteiger partial charge in [-0.2, -0.15) is 0 Å². The third-order valence-corrected chi connectivity index (χ3v) is 28.7. The Balaban J connectivity index is 1.06. The molecule has 0 aromatic heterocycles. The van der Waals surface area contributed by atoms with Gasteiger partial charge in [-0.15, -0.1) is 0 Å². The van der Waals surface area contributed by atoms with E-state index in [0.29, 0.717) is 0 Å². The summed E-state index contributed by atoms with van der Waals surface area (Å²) in [5.74, 6) is 20.3. The van der Waals surface area contributed by atoms with Gasteiger partial charge in [-0.3, -0.25) is 0 Å². The monoisotopic (exact) mass is 444 g/mol. The first kappa shape index (κ1) is 12.5. The molecule has 14 spiro atoms. The van der Waals surface area contributed by atoms with Crippen LogP contribution in [0.5, 0.6) is 0 Å². The van der Waals surface area contributed by atoms with E-state index in [9.17, 15) is 0 Å². The zero-order valence-electron chi connectivity index (χ0n) is 20.0. The summed E-state index contributed by atoms with van der Waals surface area (Å²) in [6.07, 6.45) is 7.18. The van der Waals surface area contributed by atoms with Crippen molar-refractivity contribution >= 4 is 7.85 Å². The second kappa shape index (κ2) is 1.93. The maximum absolute atomic E-state index is 3.03. The van der Waals surface area contributed by atoms with Gasteiger partial charge in [-0.1, -0.05) is 6.42 Å². The maximum atomic E-state index is 3.03. The molecule has 0 bridgehead atoms. The molecule has 23 fully saturated rings. The van der Waals surface area contributed by atoms with Gasteiger partial charge in [0.05, 0.1) is 0 Å². The van der Waals surface area contributed by atoms with E-state index in [1.807, 2.05) is 0 Å². The Morgan fingerprint density at radius 3 is 1.83 bits per heavy atom. The van der Waals surface area contributed by atoms with Crippen molar-refractivity contribution in [3.8, 4) is 0 Å². The molecule has 0 saturated heterocycles. The Kier molecular flexibility index (Phi) is 0.688. The van der Waals surface area contributed by atoms with E-state index >= 15 is 0 Å². The summed E-state index contributed by atoms with van der Waals surface area (Å²) in [6, 6.07) is 0. The highest BCUT2D eigenvalue weighted by atomic mass is 15.6. The summed E-state index contributed by atoms with van der Waals surface area (Å²) < 4.78 is 0. The van der Waals surface area contributed by atoms with Gasteiger partial charge in [0.15, 0.2) is 0 Å². The summed E-state index contributed by atoms with van der Waals surface area (Å²) in [7, 11) is 3.03. The fourth-order valence-corrected chi connectivity index (χ4v) is 35.6. The third-order valence-electron chi connectivity index (χ3n) is 28.7. The molecule has 23 saturated carbocycles. The van der Waals surface area contributed by atoms with Crippen molar-refractivity contribution in [3.63, 3.8) is 0 Å². The molecular formula is C34H25B. The van der Waals surface area contributed by atoms with E-state index < -0.39 is 0 Å². The Morgan fingerprint density at radius 1 is 0.429 bits per heavy atom. The Bertz CT molecular complexity index is 1990. The van der Waals surface area contributed by atoms with Crippen LogP contribution >= 0.6 is 0 Å². The van der Waals surface area contributed by atoms with Gasteiger partial charge in [0.1, 0.15) is 7.85 Å². The van der Waals surface area contributed by atoms with E-state index in [4.69, 9.17) is 0 Å². The molecule has 23 aliphatic rings. The number of rotatable bonds is 0. The zero-order valence-corrected chi connectivity index (χ0v) is 20.0. The molecule has 0 N–H and O–H groups in total. The van der Waals surface area contributed by atoms with Gasteiger partial charge in [-0.25, -0.2) is 0 Å². The van der Waals surface area contributed by atoms with Gasteiger partial charge < -0.3 is 0 Å². The number of hydrogen-bond acceptors (Lipinski definition) is 0. The first-order valence-corrected chi connectivity index (χ1v) is 17.2. The van der Waals surface area contributed by atoms with Crippen LogP contribution in [0.3, 0.4) is 0 Å². The number of fused-ring (bicyclic) bond motifs is 11. The summed E-state index contributed by atoms with van der Waals surface area (Å²) in [5, 5.41) is 0.906. The van der Waals surface area contributed by atoms with Crippen LogP contribution in [0.15, 0.2) is 0 Å². The lowest BCUT2D eigenvalue weighted by Gasteiger charge is -3.53. The van der Waals surface area contributed by atoms with Gasteiger partial charge in [0.2, 0.25) is 0 Å². The maximum Gasteiger partial charge on any atom is 0.110 e. The molecule has 1 heteroatoms. The SMILES string of the molecule is BC12CC3C4C5CC6C7C8C9C%10CC%11C%12C%13CC%14C%15C1C1%16C%17C%15%18C%14%13C%12%13C%11%10C9%10C89C78C56C4(C321)C%168C%179C%18%13%10. The molecule has 0 aromatic rings. The van der Waals surface area contributed by atoms with Crippen molar-refractivity contribution in [1.82, 2.24) is 0 Å². The second-order valence-electron chi connectivity index (χ2n) is 22.1. The fourth-order valence-electron chi connectivity index (χ4n) is 35.6. The van der Waals surface area contributed by atoms with Gasteiger partial charge >= 0.3 is 0 Å². The molecular weight excluding hydrogens is 419 g/mol. The zero-order chi connectivity index (χ0) is 20.0. The molecule has 0 nitrogen and oxygen atoms in total. The molecule has 0 amide bonds. The van der Waals surface area contributed by atoms with Gasteiger partial charge in [0.25, 0.3) is 0 Å². The Hall–Kier alpha value is 0.0649. The second-order valence-corrected chi connectivity index (χ2v) is 22.1. The summed E-state index contributed by atoms with van der Waals surface area (Å²) in [4.78, 5) is 0. The quantitative estimate of drug-likeness (QED) is 0.505. The summed E-state index contributed by atoms with van der Waals surface area (Å²) in [6.45, 7) is 0. The van der Waals surface area contributed by atoms with Gasteiger partial charge in [0, 0.05) is 0 Å². The van der Waals surface area contributed by atoms with Gasteiger partial charge in [-0.05, 0) is 189 Å². The molecule has 164 valence electrons. The van der Waals surface area contributed by atoms with Crippen LogP contribution in [0.25, 0.3) is 0 Å². The Morgan fingerprint density at radius 2 is 1.03 bits per heavy atom. The van der Waals surface area contributed by atoms with E-state index in [1.54, 1.807) is 25.7 Å². The molecule has 0 heterocycles. The topological polar surface area (TPSA) is 0 Å². The molecule has 0 aromatic carbocycles. The number of hydrogen-bond donors (Lipinski definition) is 0. The van der Waals surface area contributed by atoms with Crippen LogP contribution in [0, 0.1) is 165 Å². The minimum Gasteiger partial charge on any atom is -0.0503 e. The average Bonchev–Trinajstić information content (AvgIpc) is 2.88. The van der Waals surface area contributed by atoms with Crippen LogP contribution in [0.4, 0.5) is 0 Å². The standard InChI is InChI=1S/C34H25B/c35-20-4-11-13-7-3-9-15-17-14-8-2-6-12-5-1-10-16-18(20)25-19-24(16)21(5,10)27(12)22(6,8)29(14)31(17)30(15)23(7,9)28(13,26(11,20)25)34(25,30)32(19,31)33(24,27)29/h5-19H,1-4,35H2. The summed E-state index contributed by atoms with van der Waals surface area (Å²) in [5.41, 5.74) is 15.3. The third kappa shape index (κ3) is 0.294. The first-order chi connectivity index (χ1) is 17.2. The highest BCUT2D eigenvalue weighted by molar-refractivity contribution is 6.21. The molecule has 35 heavy (non-hydrogen) atoms. The van der Waals surface area contributed by atoms with Crippen molar-refractivity contribution in [2.75, 3.05) is 0 Å². The van der Waals surface area contributed by atoms with Crippen molar-refractivity contribution < 1.29 is 0 Å². The van der Waals surface area contributed by atoms with Crippen molar-refractivity contribution in [1.29, 1.82) is 0 Å². The predicted octanol–water partition coefficient (Wildman–Crippen LogP) is 2.70. The van der Waals surface area contributed by atoms with E-state index in [2.05, 4.69) is 7.85 Å². The minimum absolute atomic E-state index is 0.906. The van der Waals surface area contributed by atoms with Crippen molar-refractivity contribution in [3.05, 3.63) is 0 Å². The van der Waals surface area contributed by atoms with Crippen LogP contribution in [-0.2, 0) is 0 Å². The average molecular weight is 444 g/mol. The predicted molar refractivity (Wildman–Crippen MR) is 116 cm³/mol. The van der Waals surface area contributed by atoms with Crippen LogP contribution in [0.1, 0.15) is 25.7 Å². The molecule has 0 aliphatic heterocycles.